The summed E-state index contributed by atoms with van der Waals surface area (Å²) in [5.74, 6) is 0. The van der Waals surface area contributed by atoms with Crippen LogP contribution in [-0.2, 0) is 12.7 Å². The maximum absolute atomic E-state index is 12.6. The van der Waals surface area contributed by atoms with Crippen LogP contribution in [0.2, 0.25) is 0 Å². The van der Waals surface area contributed by atoms with Crippen LogP contribution in [0.1, 0.15) is 21.7 Å². The van der Waals surface area contributed by atoms with E-state index < -0.39 is 17.8 Å². The topological polar surface area (TPSA) is 54.0 Å². The first-order chi connectivity index (χ1) is 13.2. The van der Waals surface area contributed by atoms with Crippen LogP contribution in [0.15, 0.2) is 48.5 Å². The summed E-state index contributed by atoms with van der Waals surface area (Å²) in [5, 5.41) is 6.12. The Morgan fingerprint density at radius 2 is 1.75 bits per heavy atom. The van der Waals surface area contributed by atoms with Gasteiger partial charge >= 0.3 is 12.2 Å². The van der Waals surface area contributed by atoms with Gasteiger partial charge in [0.1, 0.15) is 5.01 Å². The third kappa shape index (κ3) is 4.69. The minimum absolute atomic E-state index is 0.280. The molecule has 0 saturated carbocycles. The number of anilines is 1. The van der Waals surface area contributed by atoms with Crippen molar-refractivity contribution >= 4 is 23.1 Å². The van der Waals surface area contributed by atoms with Gasteiger partial charge in [0, 0.05) is 16.1 Å². The summed E-state index contributed by atoms with van der Waals surface area (Å²) in [6, 6.07) is 11.7. The van der Waals surface area contributed by atoms with E-state index in [1.165, 1.54) is 23.5 Å². The van der Waals surface area contributed by atoms with Crippen molar-refractivity contribution in [1.29, 1.82) is 0 Å². The fourth-order valence-electron chi connectivity index (χ4n) is 2.60. The number of carbonyl (C=O) groups is 1. The highest BCUT2D eigenvalue weighted by Gasteiger charge is 2.30. The molecule has 3 aromatic rings. The molecule has 2 N–H and O–H groups in total. The molecule has 1 aromatic heterocycles. The van der Waals surface area contributed by atoms with Gasteiger partial charge < -0.3 is 10.6 Å². The van der Waals surface area contributed by atoms with Gasteiger partial charge in [0.05, 0.1) is 17.8 Å². The van der Waals surface area contributed by atoms with Crippen LogP contribution in [0.4, 0.5) is 23.7 Å². The van der Waals surface area contributed by atoms with E-state index in [-0.39, 0.29) is 12.2 Å². The van der Waals surface area contributed by atoms with Crippen molar-refractivity contribution in [2.75, 3.05) is 5.32 Å². The van der Waals surface area contributed by atoms with E-state index in [2.05, 4.69) is 15.6 Å². The van der Waals surface area contributed by atoms with E-state index in [0.29, 0.717) is 0 Å². The maximum atomic E-state index is 12.6. The second-order valence-electron chi connectivity index (χ2n) is 6.23. The van der Waals surface area contributed by atoms with Crippen molar-refractivity contribution in [3.05, 3.63) is 70.2 Å². The van der Waals surface area contributed by atoms with Crippen LogP contribution in [0, 0.1) is 13.8 Å². The van der Waals surface area contributed by atoms with Gasteiger partial charge in [0.25, 0.3) is 0 Å². The summed E-state index contributed by atoms with van der Waals surface area (Å²) in [5.41, 5.74) is 2.53. The molecule has 146 valence electrons. The molecule has 0 radical (unpaired) electrons. The predicted molar refractivity (Wildman–Crippen MR) is 104 cm³/mol. The lowest BCUT2D eigenvalue weighted by Crippen LogP contribution is -2.28. The van der Waals surface area contributed by atoms with E-state index in [1.807, 2.05) is 38.1 Å². The summed E-state index contributed by atoms with van der Waals surface area (Å²) in [4.78, 5) is 17.5. The molecule has 0 aliphatic heterocycles. The molecule has 2 aromatic carbocycles. The number of nitrogens with one attached hydrogen (secondary N) is 2. The van der Waals surface area contributed by atoms with E-state index in [4.69, 9.17) is 0 Å². The van der Waals surface area contributed by atoms with Gasteiger partial charge in [-0.2, -0.15) is 13.2 Å². The Morgan fingerprint density at radius 3 is 2.39 bits per heavy atom. The van der Waals surface area contributed by atoms with E-state index >= 15 is 0 Å². The highest BCUT2D eigenvalue weighted by atomic mass is 32.1. The Balaban J connectivity index is 1.61. The number of benzene rings is 2. The molecule has 4 nitrogen and oxygen atoms in total. The van der Waals surface area contributed by atoms with Gasteiger partial charge in [-0.25, -0.2) is 9.78 Å². The van der Waals surface area contributed by atoms with Crippen LogP contribution in [0.5, 0.6) is 0 Å². The van der Waals surface area contributed by atoms with Crippen LogP contribution in [-0.4, -0.2) is 11.0 Å². The third-order valence-electron chi connectivity index (χ3n) is 4.15. The summed E-state index contributed by atoms with van der Waals surface area (Å²) < 4.78 is 37.7. The zero-order valence-electron chi connectivity index (χ0n) is 15.2. The Labute approximate surface area is 164 Å². The van der Waals surface area contributed by atoms with Crippen molar-refractivity contribution in [1.82, 2.24) is 10.3 Å². The van der Waals surface area contributed by atoms with Crippen molar-refractivity contribution in [3.63, 3.8) is 0 Å². The molecule has 1 heterocycles. The molecule has 0 unspecified atom stereocenters. The van der Waals surface area contributed by atoms with Gasteiger partial charge in [-0.1, -0.05) is 24.3 Å². The maximum Gasteiger partial charge on any atom is 0.416 e. The molecule has 0 saturated heterocycles. The Hall–Kier alpha value is -2.87. The lowest BCUT2D eigenvalue weighted by atomic mass is 10.1. The smallest absolute Gasteiger partial charge is 0.333 e. The van der Waals surface area contributed by atoms with E-state index in [1.54, 1.807) is 0 Å². The number of aromatic nitrogens is 1. The van der Waals surface area contributed by atoms with Gasteiger partial charge in [-0.15, -0.1) is 11.3 Å². The molecular weight excluding hydrogens is 387 g/mol. The highest BCUT2D eigenvalue weighted by molar-refractivity contribution is 7.15. The molecule has 0 aliphatic rings. The minimum atomic E-state index is -4.40. The van der Waals surface area contributed by atoms with E-state index in [9.17, 15) is 18.0 Å². The fraction of sp³-hybridized carbons (Fsp3) is 0.200. The second-order valence-corrected chi connectivity index (χ2v) is 7.31. The second kappa shape index (κ2) is 8.02. The molecule has 0 spiro atoms. The summed E-state index contributed by atoms with van der Waals surface area (Å²) in [6.07, 6.45) is -4.40. The standard InChI is InChI=1S/C20H18F3N3OS/c1-12-5-3-4-6-16(12)18-25-13(2)17(28-18)11-24-19(27)26-15-9-7-14(8-10-15)20(21,22)23/h3-10H,11H2,1-2H3,(H2,24,26,27). The number of aryl methyl sites for hydroxylation is 2. The SMILES string of the molecule is Cc1ccccc1-c1nc(C)c(CNC(=O)Nc2ccc(C(F)(F)F)cc2)s1. The zero-order valence-corrected chi connectivity index (χ0v) is 16.0. The lowest BCUT2D eigenvalue weighted by Gasteiger charge is -2.09. The number of carbonyl (C=O) groups excluding carboxylic acids is 1. The summed E-state index contributed by atoms with van der Waals surface area (Å²) in [6.45, 7) is 4.17. The molecule has 3 rings (SSSR count). The number of rotatable bonds is 4. The average molecular weight is 405 g/mol. The van der Waals surface area contributed by atoms with Crippen molar-refractivity contribution in [3.8, 4) is 10.6 Å². The molecule has 28 heavy (non-hydrogen) atoms. The summed E-state index contributed by atoms with van der Waals surface area (Å²) in [7, 11) is 0. The van der Waals surface area contributed by atoms with Crippen LogP contribution >= 0.6 is 11.3 Å². The first-order valence-corrected chi connectivity index (χ1v) is 9.30. The molecule has 0 atom stereocenters. The Morgan fingerprint density at radius 1 is 1.07 bits per heavy atom. The van der Waals surface area contributed by atoms with Crippen molar-refractivity contribution < 1.29 is 18.0 Å². The van der Waals surface area contributed by atoms with Gasteiger partial charge in [0.15, 0.2) is 0 Å². The predicted octanol–water partition coefficient (Wildman–Crippen LogP) is 5.77. The number of alkyl halides is 3. The number of thiazole rings is 1. The first kappa shape index (κ1) is 19.9. The number of hydrogen-bond acceptors (Lipinski definition) is 3. The number of nitrogens with zero attached hydrogens (tertiary/aromatic N) is 1. The quantitative estimate of drug-likeness (QED) is 0.579. The van der Waals surface area contributed by atoms with E-state index in [0.717, 1.165) is 38.8 Å². The molecule has 0 fully saturated rings. The molecular formula is C20H18F3N3OS. The average Bonchev–Trinajstić information content (AvgIpc) is 3.00. The molecule has 2 amide bonds. The highest BCUT2D eigenvalue weighted by Crippen LogP contribution is 2.31. The van der Waals surface area contributed by atoms with Gasteiger partial charge in [-0.3, -0.25) is 0 Å². The van der Waals surface area contributed by atoms with Crippen LogP contribution in [0.25, 0.3) is 10.6 Å². The monoisotopic (exact) mass is 405 g/mol. The van der Waals surface area contributed by atoms with Crippen LogP contribution < -0.4 is 10.6 Å². The fourth-order valence-corrected chi connectivity index (χ4v) is 3.69. The van der Waals surface area contributed by atoms with Crippen molar-refractivity contribution in [2.24, 2.45) is 0 Å². The lowest BCUT2D eigenvalue weighted by molar-refractivity contribution is -0.137. The zero-order chi connectivity index (χ0) is 20.3. The third-order valence-corrected chi connectivity index (χ3v) is 5.34. The summed E-state index contributed by atoms with van der Waals surface area (Å²) >= 11 is 1.50. The first-order valence-electron chi connectivity index (χ1n) is 8.48. The number of amides is 2. The van der Waals surface area contributed by atoms with Gasteiger partial charge in [-0.05, 0) is 43.7 Å². The number of hydrogen-bond donors (Lipinski definition) is 2. The number of halogens is 3. The minimum Gasteiger partial charge on any atom is -0.333 e. The molecule has 0 bridgehead atoms. The Bertz CT molecular complexity index is 981. The largest absolute Gasteiger partial charge is 0.416 e. The Kier molecular flexibility index (Phi) is 5.69. The normalized spacial score (nSPS) is 11.3. The van der Waals surface area contributed by atoms with Crippen LogP contribution in [0.3, 0.4) is 0 Å². The molecule has 8 heteroatoms. The van der Waals surface area contributed by atoms with Gasteiger partial charge in [0.2, 0.25) is 0 Å². The van der Waals surface area contributed by atoms with Crippen molar-refractivity contribution in [2.45, 2.75) is 26.6 Å². The molecule has 0 aliphatic carbocycles. The number of urea groups is 1.